The van der Waals surface area contributed by atoms with Crippen molar-refractivity contribution in [3.05, 3.63) is 41.8 Å². The predicted molar refractivity (Wildman–Crippen MR) is 81.2 cm³/mol. The van der Waals surface area contributed by atoms with Crippen LogP contribution in [0.1, 0.15) is 13.8 Å². The summed E-state index contributed by atoms with van der Waals surface area (Å²) >= 11 is 0. The van der Waals surface area contributed by atoms with Crippen LogP contribution in [0, 0.1) is 0 Å². The van der Waals surface area contributed by atoms with Crippen LogP contribution in [0.4, 0.5) is 5.69 Å². The molecule has 1 aliphatic heterocycles. The second kappa shape index (κ2) is 5.40. The third-order valence-corrected chi connectivity index (χ3v) is 2.97. The molecule has 1 aliphatic carbocycles. The molecule has 0 saturated heterocycles. The number of carbonyl (C=O) groups excluding carboxylic acids is 2. The molecule has 2 amide bonds. The highest BCUT2D eigenvalue weighted by Crippen LogP contribution is 2.25. The van der Waals surface area contributed by atoms with Crippen LogP contribution < -0.4 is 10.7 Å². The summed E-state index contributed by atoms with van der Waals surface area (Å²) < 4.78 is 5.81. The Morgan fingerprint density at radius 2 is 1.95 bits per heavy atom. The minimum atomic E-state index is -0.277. The number of hydrogen-bond donors (Lipinski definition) is 1. The van der Waals surface area contributed by atoms with Crippen LogP contribution in [0.5, 0.6) is 0 Å². The lowest BCUT2D eigenvalue weighted by atomic mass is 10.2. The van der Waals surface area contributed by atoms with Gasteiger partial charge >= 0.3 is 0 Å². The highest BCUT2D eigenvalue weighted by Gasteiger charge is 2.09. The Kier molecular flexibility index (Phi) is 3.42. The summed E-state index contributed by atoms with van der Waals surface area (Å²) in [5.41, 5.74) is 2.52. The van der Waals surface area contributed by atoms with Crippen LogP contribution >= 0.6 is 0 Å². The van der Waals surface area contributed by atoms with E-state index in [9.17, 15) is 9.59 Å². The second-order valence-corrected chi connectivity index (χ2v) is 4.86. The summed E-state index contributed by atoms with van der Waals surface area (Å²) in [7, 11) is 0. The molecule has 22 heavy (non-hydrogen) atoms. The molecule has 0 saturated carbocycles. The molecule has 0 radical (unpaired) electrons. The zero-order chi connectivity index (χ0) is 15.7. The van der Waals surface area contributed by atoms with E-state index in [4.69, 9.17) is 4.42 Å². The first-order valence-corrected chi connectivity index (χ1v) is 6.69. The van der Waals surface area contributed by atoms with Gasteiger partial charge in [-0.25, -0.2) is 9.98 Å². The number of amides is 2. The monoisotopic (exact) mass is 295 g/mol. The number of nitrogens with one attached hydrogen (secondary N) is 1. The van der Waals surface area contributed by atoms with Crippen molar-refractivity contribution in [3.8, 4) is 11.5 Å². The SMILES string of the molecule is CC(=O)N=c1ccc2nc3ccc(NC(C)=O)cc3oc-2c1. The standard InChI is InChI=1S/C16H13N3O3/c1-9(20)17-11-3-5-13-15(7-11)22-16-8-12(18-10(2)21)4-6-14(16)19-13/h3-8H,1-2H3,(H,17,20). The van der Waals surface area contributed by atoms with Crippen LogP contribution in [-0.4, -0.2) is 16.8 Å². The summed E-state index contributed by atoms with van der Waals surface area (Å²) in [4.78, 5) is 30.5. The van der Waals surface area contributed by atoms with Gasteiger partial charge in [0.25, 0.3) is 0 Å². The second-order valence-electron chi connectivity index (χ2n) is 4.86. The maximum Gasteiger partial charge on any atom is 0.243 e. The van der Waals surface area contributed by atoms with Crippen molar-refractivity contribution in [2.75, 3.05) is 5.32 Å². The van der Waals surface area contributed by atoms with E-state index in [1.54, 1.807) is 36.4 Å². The maximum atomic E-state index is 11.1. The van der Waals surface area contributed by atoms with Crippen LogP contribution in [0.25, 0.3) is 22.6 Å². The fourth-order valence-electron chi connectivity index (χ4n) is 2.15. The summed E-state index contributed by atoms with van der Waals surface area (Å²) in [5.74, 6) is 0.0895. The molecule has 6 heteroatoms. The highest BCUT2D eigenvalue weighted by molar-refractivity contribution is 5.91. The third kappa shape index (κ3) is 2.85. The number of carbonyl (C=O) groups is 2. The fraction of sp³-hybridized carbons (Fsp3) is 0.125. The molecule has 1 aromatic rings. The van der Waals surface area contributed by atoms with Crippen LogP contribution in [0.2, 0.25) is 0 Å². The number of benzene rings is 2. The van der Waals surface area contributed by atoms with Crippen molar-refractivity contribution >= 4 is 28.6 Å². The van der Waals surface area contributed by atoms with Gasteiger partial charge in [-0.3, -0.25) is 9.59 Å². The first-order valence-electron chi connectivity index (χ1n) is 6.69. The Morgan fingerprint density at radius 3 is 2.68 bits per heavy atom. The number of fused-ring (bicyclic) bond motifs is 2. The number of aromatic nitrogens is 1. The quantitative estimate of drug-likeness (QED) is 0.698. The molecular weight excluding hydrogens is 282 g/mol. The average molecular weight is 295 g/mol. The van der Waals surface area contributed by atoms with Gasteiger partial charge in [-0.05, 0) is 24.3 Å². The molecule has 2 aliphatic rings. The number of anilines is 1. The average Bonchev–Trinajstić information content (AvgIpc) is 2.43. The van der Waals surface area contributed by atoms with E-state index < -0.39 is 0 Å². The Bertz CT molecular complexity index is 927. The van der Waals surface area contributed by atoms with Crippen molar-refractivity contribution in [1.29, 1.82) is 0 Å². The molecule has 1 aromatic carbocycles. The topological polar surface area (TPSA) is 84.6 Å². The molecule has 0 bridgehead atoms. The lowest BCUT2D eigenvalue weighted by Crippen LogP contribution is -2.06. The predicted octanol–water partition coefficient (Wildman–Crippen LogP) is 2.34. The maximum absolute atomic E-state index is 11.1. The fourth-order valence-corrected chi connectivity index (χ4v) is 2.15. The van der Waals surface area contributed by atoms with Crippen LogP contribution in [-0.2, 0) is 9.59 Å². The van der Waals surface area contributed by atoms with Crippen molar-refractivity contribution in [2.45, 2.75) is 13.8 Å². The summed E-state index contributed by atoms with van der Waals surface area (Å²) in [6.07, 6.45) is 0. The van der Waals surface area contributed by atoms with E-state index in [0.717, 1.165) is 0 Å². The molecule has 6 nitrogen and oxygen atoms in total. The van der Waals surface area contributed by atoms with Crippen molar-refractivity contribution < 1.29 is 14.0 Å². The minimum Gasteiger partial charge on any atom is -0.453 e. The lowest BCUT2D eigenvalue weighted by molar-refractivity contribution is -0.116. The van der Waals surface area contributed by atoms with E-state index in [-0.39, 0.29) is 11.8 Å². The van der Waals surface area contributed by atoms with Crippen LogP contribution in [0.15, 0.2) is 45.8 Å². The summed E-state index contributed by atoms with van der Waals surface area (Å²) in [6, 6.07) is 10.4. The third-order valence-electron chi connectivity index (χ3n) is 2.97. The van der Waals surface area contributed by atoms with Gasteiger partial charge in [0.1, 0.15) is 11.2 Å². The summed E-state index contributed by atoms with van der Waals surface area (Å²) in [5, 5.41) is 3.21. The zero-order valence-corrected chi connectivity index (χ0v) is 12.1. The number of hydrogen-bond acceptors (Lipinski definition) is 4. The van der Waals surface area contributed by atoms with Crippen molar-refractivity contribution in [2.24, 2.45) is 4.99 Å². The molecule has 0 aromatic heterocycles. The Labute approximate surface area is 125 Å². The molecule has 110 valence electrons. The summed E-state index contributed by atoms with van der Waals surface area (Å²) in [6.45, 7) is 2.83. The first-order chi connectivity index (χ1) is 10.5. The van der Waals surface area contributed by atoms with Gasteiger partial charge < -0.3 is 9.73 Å². The number of rotatable bonds is 1. The largest absolute Gasteiger partial charge is 0.453 e. The zero-order valence-electron chi connectivity index (χ0n) is 12.1. The highest BCUT2D eigenvalue weighted by atomic mass is 16.3. The van der Waals surface area contributed by atoms with Gasteiger partial charge in [0.15, 0.2) is 11.3 Å². The first kappa shape index (κ1) is 13.9. The lowest BCUT2D eigenvalue weighted by Gasteiger charge is -2.07. The molecule has 3 rings (SSSR count). The molecule has 0 fully saturated rings. The molecular formula is C16H13N3O3. The number of nitrogens with zero attached hydrogens (tertiary/aromatic N) is 2. The van der Waals surface area contributed by atoms with Crippen molar-refractivity contribution in [1.82, 2.24) is 4.98 Å². The van der Waals surface area contributed by atoms with E-state index >= 15 is 0 Å². The van der Waals surface area contributed by atoms with E-state index in [1.807, 2.05) is 0 Å². The van der Waals surface area contributed by atoms with E-state index in [1.165, 1.54) is 13.8 Å². The normalized spacial score (nSPS) is 11.8. The van der Waals surface area contributed by atoms with Gasteiger partial charge in [0.2, 0.25) is 11.8 Å². The smallest absolute Gasteiger partial charge is 0.243 e. The van der Waals surface area contributed by atoms with Gasteiger partial charge in [-0.2, -0.15) is 0 Å². The van der Waals surface area contributed by atoms with E-state index in [2.05, 4.69) is 15.3 Å². The Morgan fingerprint density at radius 1 is 1.14 bits per heavy atom. The Hall–Kier alpha value is -3.02. The molecule has 1 N–H and O–H groups in total. The minimum absolute atomic E-state index is 0.157. The van der Waals surface area contributed by atoms with Crippen LogP contribution in [0.3, 0.4) is 0 Å². The van der Waals surface area contributed by atoms with Gasteiger partial charge in [0.05, 0.1) is 5.36 Å². The van der Waals surface area contributed by atoms with Gasteiger partial charge in [-0.15, -0.1) is 0 Å². The van der Waals surface area contributed by atoms with Crippen molar-refractivity contribution in [3.63, 3.8) is 0 Å². The Balaban J connectivity index is 2.18. The molecule has 0 spiro atoms. The van der Waals surface area contributed by atoms with Gasteiger partial charge in [-0.1, -0.05) is 0 Å². The van der Waals surface area contributed by atoms with Gasteiger partial charge in [0, 0.05) is 31.7 Å². The van der Waals surface area contributed by atoms with E-state index in [0.29, 0.717) is 33.6 Å². The molecule has 0 unspecified atom stereocenters. The molecule has 0 atom stereocenters. The molecule has 1 heterocycles.